The van der Waals surface area contributed by atoms with Crippen LogP contribution in [0.25, 0.3) is 0 Å². The van der Waals surface area contributed by atoms with E-state index in [-0.39, 0.29) is 16.7 Å². The molecular formula is C32H34NOS+. The highest BCUT2D eigenvalue weighted by Crippen LogP contribution is 2.33. The molecule has 1 aliphatic heterocycles. The summed E-state index contributed by atoms with van der Waals surface area (Å²) >= 11 is 0. The average Bonchev–Trinajstić information content (AvgIpc) is 3.47. The Morgan fingerprint density at radius 3 is 1.63 bits per heavy atom. The lowest BCUT2D eigenvalue weighted by atomic mass is 10.0. The van der Waals surface area contributed by atoms with Gasteiger partial charge in [0, 0.05) is 29.9 Å². The van der Waals surface area contributed by atoms with Gasteiger partial charge in [0.05, 0.1) is 10.9 Å². The van der Waals surface area contributed by atoms with Crippen LogP contribution in [0.1, 0.15) is 48.2 Å². The molecule has 0 aromatic heterocycles. The summed E-state index contributed by atoms with van der Waals surface area (Å²) in [5, 5.41) is 0. The number of hydrogen-bond donors (Lipinski definition) is 0. The van der Waals surface area contributed by atoms with Gasteiger partial charge in [-0.3, -0.25) is 4.79 Å². The highest BCUT2D eigenvalue weighted by molar-refractivity contribution is 7.97. The van der Waals surface area contributed by atoms with Crippen molar-refractivity contribution in [3.05, 3.63) is 120 Å². The molecule has 0 N–H and O–H groups in total. The van der Waals surface area contributed by atoms with Crippen molar-refractivity contribution in [1.82, 2.24) is 0 Å². The fraction of sp³-hybridized carbons (Fsp3) is 0.219. The summed E-state index contributed by atoms with van der Waals surface area (Å²) in [6.07, 6.45) is 2.56. The molecule has 1 saturated heterocycles. The molecule has 4 aromatic rings. The van der Waals surface area contributed by atoms with Crippen LogP contribution in [0.4, 0.5) is 5.69 Å². The van der Waals surface area contributed by atoms with Gasteiger partial charge >= 0.3 is 0 Å². The molecule has 5 rings (SSSR count). The van der Waals surface area contributed by atoms with Crippen LogP contribution in [0.5, 0.6) is 0 Å². The van der Waals surface area contributed by atoms with Crippen molar-refractivity contribution in [2.24, 2.45) is 0 Å². The first-order valence-electron chi connectivity index (χ1n) is 12.5. The van der Waals surface area contributed by atoms with E-state index in [4.69, 9.17) is 0 Å². The maximum Gasteiger partial charge on any atom is 0.193 e. The summed E-state index contributed by atoms with van der Waals surface area (Å²) in [5.41, 5.74) is 4.02. The van der Waals surface area contributed by atoms with E-state index >= 15 is 0 Å². The van der Waals surface area contributed by atoms with Crippen molar-refractivity contribution in [2.45, 2.75) is 48.3 Å². The second-order valence-corrected chi connectivity index (χ2v) is 10.6. The fourth-order valence-electron chi connectivity index (χ4n) is 4.35. The van der Waals surface area contributed by atoms with Gasteiger partial charge in [-0.25, -0.2) is 0 Å². The van der Waals surface area contributed by atoms with E-state index in [1.165, 1.54) is 38.8 Å². The molecule has 4 aromatic carbocycles. The number of rotatable bonds is 6. The lowest BCUT2D eigenvalue weighted by Gasteiger charge is -2.17. The summed E-state index contributed by atoms with van der Waals surface area (Å²) in [4.78, 5) is 19.1. The Bertz CT molecular complexity index is 1210. The third kappa shape index (κ3) is 5.86. The lowest BCUT2D eigenvalue weighted by molar-refractivity contribution is 0.103. The molecule has 0 spiro atoms. The number of benzene rings is 4. The summed E-state index contributed by atoms with van der Waals surface area (Å²) in [7, 11) is -0.228. The summed E-state index contributed by atoms with van der Waals surface area (Å²) in [5.74, 6) is 0.0623. The number of carbonyl (C=O) groups is 1. The van der Waals surface area contributed by atoms with Crippen LogP contribution in [0.15, 0.2) is 118 Å². The molecule has 3 heteroatoms. The zero-order valence-electron chi connectivity index (χ0n) is 20.9. The van der Waals surface area contributed by atoms with Gasteiger partial charge in [-0.15, -0.1) is 0 Å². The fourth-order valence-corrected chi connectivity index (χ4v) is 6.39. The molecule has 0 radical (unpaired) electrons. The Morgan fingerprint density at radius 1 is 0.629 bits per heavy atom. The molecule has 0 amide bonds. The Morgan fingerprint density at radius 2 is 1.09 bits per heavy atom. The Labute approximate surface area is 213 Å². The molecule has 0 bridgehead atoms. The normalized spacial score (nSPS) is 13.6. The second-order valence-electron chi connectivity index (χ2n) is 8.53. The standard InChI is InChI=1S/C30H28NOS.C2H6/c1-23-9-15-27(16-10-23)33(29-19-13-26(14-20-29)31-21-5-6-22-31)28-17-11-25(12-18-28)30(32)24-7-3-2-4-8-24;1-2/h2-4,7-20H,5-6,21-22H2,1H3;1-2H3/q+1;. The Kier molecular flexibility index (Phi) is 8.44. The van der Waals surface area contributed by atoms with E-state index in [1.807, 2.05) is 56.3 Å². The number of nitrogens with zero attached hydrogens (tertiary/aromatic N) is 1. The highest BCUT2D eigenvalue weighted by atomic mass is 32.2. The van der Waals surface area contributed by atoms with Gasteiger partial charge in [0.25, 0.3) is 0 Å². The van der Waals surface area contributed by atoms with Crippen LogP contribution < -0.4 is 4.90 Å². The van der Waals surface area contributed by atoms with Crippen molar-refractivity contribution in [1.29, 1.82) is 0 Å². The maximum atomic E-state index is 12.9. The van der Waals surface area contributed by atoms with Crippen molar-refractivity contribution in [3.63, 3.8) is 0 Å². The minimum absolute atomic E-state index is 0.0623. The van der Waals surface area contributed by atoms with E-state index in [2.05, 4.69) is 72.5 Å². The summed E-state index contributed by atoms with van der Waals surface area (Å²) in [6, 6.07) is 35.6. The molecule has 1 fully saturated rings. The molecule has 0 aliphatic carbocycles. The third-order valence-electron chi connectivity index (χ3n) is 6.19. The Hall–Kier alpha value is -3.30. The van der Waals surface area contributed by atoms with Gasteiger partial charge in [-0.2, -0.15) is 0 Å². The van der Waals surface area contributed by atoms with Crippen LogP contribution in [-0.4, -0.2) is 18.9 Å². The maximum absolute atomic E-state index is 12.9. The van der Waals surface area contributed by atoms with Gasteiger partial charge < -0.3 is 4.90 Å². The van der Waals surface area contributed by atoms with Gasteiger partial charge in [0.1, 0.15) is 0 Å². The van der Waals surface area contributed by atoms with Crippen molar-refractivity contribution >= 4 is 22.4 Å². The zero-order valence-corrected chi connectivity index (χ0v) is 21.7. The minimum atomic E-state index is -0.228. The minimum Gasteiger partial charge on any atom is -0.372 e. The predicted octanol–water partition coefficient (Wildman–Crippen LogP) is 7.95. The second kappa shape index (κ2) is 11.9. The zero-order chi connectivity index (χ0) is 24.6. The molecule has 0 saturated carbocycles. The summed E-state index contributed by atoms with van der Waals surface area (Å²) in [6.45, 7) is 8.43. The van der Waals surface area contributed by atoms with Gasteiger partial charge in [0.2, 0.25) is 0 Å². The first kappa shape index (κ1) is 24.8. The molecule has 2 nitrogen and oxygen atoms in total. The van der Waals surface area contributed by atoms with Gasteiger partial charge in [-0.1, -0.05) is 61.9 Å². The number of anilines is 1. The van der Waals surface area contributed by atoms with E-state index in [0.29, 0.717) is 0 Å². The van der Waals surface area contributed by atoms with Crippen LogP contribution in [0.2, 0.25) is 0 Å². The van der Waals surface area contributed by atoms with Crippen LogP contribution in [0, 0.1) is 6.92 Å². The van der Waals surface area contributed by atoms with Crippen LogP contribution in [0.3, 0.4) is 0 Å². The monoisotopic (exact) mass is 480 g/mol. The number of aryl methyl sites for hydroxylation is 1. The first-order valence-corrected chi connectivity index (χ1v) is 13.8. The number of carbonyl (C=O) groups excluding carboxylic acids is 1. The molecule has 35 heavy (non-hydrogen) atoms. The smallest absolute Gasteiger partial charge is 0.193 e. The topological polar surface area (TPSA) is 20.3 Å². The van der Waals surface area contributed by atoms with Gasteiger partial charge in [-0.05, 0) is 80.4 Å². The largest absolute Gasteiger partial charge is 0.372 e. The van der Waals surface area contributed by atoms with E-state index in [0.717, 1.165) is 24.2 Å². The molecule has 1 unspecified atom stereocenters. The number of ketones is 1. The molecule has 1 heterocycles. The molecule has 1 aliphatic rings. The Balaban J connectivity index is 0.00000141. The molecular weight excluding hydrogens is 446 g/mol. The molecule has 1 atom stereocenters. The third-order valence-corrected chi connectivity index (χ3v) is 8.42. The molecule has 178 valence electrons. The van der Waals surface area contributed by atoms with Crippen molar-refractivity contribution < 1.29 is 4.79 Å². The van der Waals surface area contributed by atoms with E-state index in [1.54, 1.807) is 0 Å². The van der Waals surface area contributed by atoms with Crippen LogP contribution >= 0.6 is 0 Å². The van der Waals surface area contributed by atoms with E-state index in [9.17, 15) is 4.79 Å². The average molecular weight is 481 g/mol. The first-order chi connectivity index (χ1) is 17.2. The lowest BCUT2D eigenvalue weighted by Crippen LogP contribution is -2.17. The highest BCUT2D eigenvalue weighted by Gasteiger charge is 2.29. The quantitative estimate of drug-likeness (QED) is 0.206. The van der Waals surface area contributed by atoms with E-state index < -0.39 is 0 Å². The van der Waals surface area contributed by atoms with Crippen LogP contribution in [-0.2, 0) is 10.9 Å². The van der Waals surface area contributed by atoms with Gasteiger partial charge in [0.15, 0.2) is 20.5 Å². The predicted molar refractivity (Wildman–Crippen MR) is 149 cm³/mol. The SMILES string of the molecule is CC.Cc1ccc([S+](c2ccc(C(=O)c3ccccc3)cc2)c2ccc(N3CCCC3)cc2)cc1. The van der Waals surface area contributed by atoms with Crippen molar-refractivity contribution in [3.8, 4) is 0 Å². The van der Waals surface area contributed by atoms with Crippen molar-refractivity contribution in [2.75, 3.05) is 18.0 Å². The summed E-state index contributed by atoms with van der Waals surface area (Å²) < 4.78 is 0. The number of hydrogen-bond acceptors (Lipinski definition) is 2.